The van der Waals surface area contributed by atoms with Gasteiger partial charge in [-0.1, -0.05) is 0 Å². The fourth-order valence-corrected chi connectivity index (χ4v) is 0.410. The molecule has 0 spiro atoms. The van der Waals surface area contributed by atoms with E-state index in [9.17, 15) is 14.7 Å². The van der Waals surface area contributed by atoms with Crippen LogP contribution >= 0.6 is 0 Å². The van der Waals surface area contributed by atoms with Crippen molar-refractivity contribution in [2.24, 2.45) is 0 Å². The molecular formula is C6H8KNO4. The smallest absolute Gasteiger partial charge is 0.543 e. The summed E-state index contributed by atoms with van der Waals surface area (Å²) < 4.78 is 4.19. The average molecular weight is 197 g/mol. The van der Waals surface area contributed by atoms with Gasteiger partial charge in [0.2, 0.25) is 0 Å². The van der Waals surface area contributed by atoms with Gasteiger partial charge in [-0.15, -0.1) is 0 Å². The number of nitrogens with one attached hydrogen (secondary N) is 1. The molecule has 5 nitrogen and oxygen atoms in total. The van der Waals surface area contributed by atoms with E-state index in [1.807, 2.05) is 0 Å². The molecule has 0 aliphatic heterocycles. The Balaban J connectivity index is 0. The predicted octanol–water partition coefficient (Wildman–Crippen LogP) is -4.98. The number of rotatable bonds is 3. The van der Waals surface area contributed by atoms with Crippen molar-refractivity contribution in [2.45, 2.75) is 0 Å². The summed E-state index contributed by atoms with van der Waals surface area (Å²) in [6.07, 6.45) is 0.801. The van der Waals surface area contributed by atoms with Gasteiger partial charge in [-0.2, -0.15) is 0 Å². The minimum absolute atomic E-state index is 0. The Morgan fingerprint density at radius 3 is 2.25 bits per heavy atom. The zero-order valence-corrected chi connectivity index (χ0v) is 10.3. The van der Waals surface area contributed by atoms with Crippen LogP contribution in [0.4, 0.5) is 0 Å². The van der Waals surface area contributed by atoms with Gasteiger partial charge >= 0.3 is 57.4 Å². The van der Waals surface area contributed by atoms with Crippen LogP contribution in [0.3, 0.4) is 0 Å². The van der Waals surface area contributed by atoms with Gasteiger partial charge in [0, 0.05) is 13.1 Å². The molecule has 0 rings (SSSR count). The van der Waals surface area contributed by atoms with Gasteiger partial charge in [-0.25, -0.2) is 4.79 Å². The number of methoxy groups -OCH3 is 1. The van der Waals surface area contributed by atoms with E-state index in [-0.39, 0.29) is 57.1 Å². The third kappa shape index (κ3) is 5.73. The fraction of sp³-hybridized carbons (Fsp3) is 0.333. The van der Waals surface area contributed by atoms with Gasteiger partial charge in [0.05, 0.1) is 18.8 Å². The summed E-state index contributed by atoms with van der Waals surface area (Å²) in [6, 6.07) is 0. The molecule has 0 aliphatic rings. The average Bonchev–Trinajstić information content (AvgIpc) is 1.99. The number of carboxylic acid groups (broad SMARTS) is 1. The number of esters is 1. The molecular weight excluding hydrogens is 189 g/mol. The Morgan fingerprint density at radius 1 is 1.50 bits per heavy atom. The van der Waals surface area contributed by atoms with Crippen molar-refractivity contribution in [2.75, 3.05) is 14.2 Å². The van der Waals surface area contributed by atoms with Crippen LogP contribution in [-0.4, -0.2) is 26.1 Å². The van der Waals surface area contributed by atoms with Gasteiger partial charge in [-0.05, 0) is 0 Å². The number of ether oxygens (including phenoxy) is 1. The maximum absolute atomic E-state index is 10.5. The first kappa shape index (κ1) is 14.6. The summed E-state index contributed by atoms with van der Waals surface area (Å²) in [5, 5.41) is 12.4. The van der Waals surface area contributed by atoms with Crippen molar-refractivity contribution in [3.63, 3.8) is 0 Å². The van der Waals surface area contributed by atoms with E-state index in [4.69, 9.17) is 0 Å². The minimum Gasteiger partial charge on any atom is -0.543 e. The molecule has 0 radical (unpaired) electrons. The van der Waals surface area contributed by atoms with Gasteiger partial charge in [0.25, 0.3) is 0 Å². The predicted molar refractivity (Wildman–Crippen MR) is 34.2 cm³/mol. The third-order valence-corrected chi connectivity index (χ3v) is 0.953. The van der Waals surface area contributed by atoms with E-state index in [2.05, 4.69) is 10.1 Å². The normalized spacial score (nSPS) is 9.67. The van der Waals surface area contributed by atoms with Gasteiger partial charge in [0.15, 0.2) is 0 Å². The monoisotopic (exact) mass is 197 g/mol. The topological polar surface area (TPSA) is 78.5 Å². The maximum Gasteiger partial charge on any atom is 1.00 e. The van der Waals surface area contributed by atoms with E-state index >= 15 is 0 Å². The summed E-state index contributed by atoms with van der Waals surface area (Å²) in [4.78, 5) is 20.6. The molecule has 0 heterocycles. The molecule has 62 valence electrons. The molecule has 0 aromatic carbocycles. The Morgan fingerprint density at radius 2 is 2.00 bits per heavy atom. The largest absolute Gasteiger partial charge is 1.00 e. The third-order valence-electron chi connectivity index (χ3n) is 0.953. The van der Waals surface area contributed by atoms with Crippen LogP contribution in [0.25, 0.3) is 0 Å². The van der Waals surface area contributed by atoms with Crippen molar-refractivity contribution in [3.8, 4) is 0 Å². The van der Waals surface area contributed by atoms with E-state index < -0.39 is 11.9 Å². The van der Waals surface area contributed by atoms with E-state index in [1.54, 1.807) is 0 Å². The molecule has 0 fully saturated rings. The Hall–Kier alpha value is 0.116. The second-order valence-corrected chi connectivity index (χ2v) is 1.62. The molecule has 0 saturated carbocycles. The first-order valence-corrected chi connectivity index (χ1v) is 2.80. The van der Waals surface area contributed by atoms with Crippen LogP contribution in [0, 0.1) is 0 Å². The van der Waals surface area contributed by atoms with Crippen molar-refractivity contribution in [3.05, 3.63) is 11.8 Å². The van der Waals surface area contributed by atoms with E-state index in [0.29, 0.717) is 0 Å². The van der Waals surface area contributed by atoms with Crippen molar-refractivity contribution >= 4 is 11.9 Å². The van der Waals surface area contributed by atoms with Crippen molar-refractivity contribution in [1.82, 2.24) is 5.32 Å². The number of hydrogen-bond acceptors (Lipinski definition) is 5. The minimum atomic E-state index is -1.45. The van der Waals surface area contributed by atoms with Gasteiger partial charge in [-0.3, -0.25) is 0 Å². The maximum atomic E-state index is 10.5. The first-order valence-electron chi connectivity index (χ1n) is 2.80. The summed E-state index contributed by atoms with van der Waals surface area (Å²) in [6.45, 7) is 0. The second-order valence-electron chi connectivity index (χ2n) is 1.62. The van der Waals surface area contributed by atoms with E-state index in [1.165, 1.54) is 7.05 Å². The summed E-state index contributed by atoms with van der Waals surface area (Å²) >= 11 is 0. The number of carboxylic acids is 1. The molecule has 0 aromatic rings. The van der Waals surface area contributed by atoms with Gasteiger partial charge in [0.1, 0.15) is 0 Å². The van der Waals surface area contributed by atoms with Gasteiger partial charge < -0.3 is 20.0 Å². The molecule has 0 atom stereocenters. The number of likely N-dealkylation sites (N-methyl/N-ethyl adjacent to an activating group) is 1. The zero-order chi connectivity index (χ0) is 8.85. The van der Waals surface area contributed by atoms with Crippen LogP contribution in [-0.2, 0) is 14.3 Å². The number of aliphatic carboxylic acids is 1. The first-order chi connectivity index (χ1) is 5.11. The quantitative estimate of drug-likeness (QED) is 0.278. The van der Waals surface area contributed by atoms with Crippen LogP contribution in [0.5, 0.6) is 0 Å². The van der Waals surface area contributed by atoms with E-state index in [0.717, 1.165) is 13.2 Å². The molecule has 0 amide bonds. The summed E-state index contributed by atoms with van der Waals surface area (Å²) in [7, 11) is 2.52. The van der Waals surface area contributed by atoms with Crippen molar-refractivity contribution in [1.29, 1.82) is 0 Å². The Labute approximate surface area is 113 Å². The molecule has 0 unspecified atom stereocenters. The molecule has 12 heavy (non-hydrogen) atoms. The fourth-order valence-electron chi connectivity index (χ4n) is 0.410. The molecule has 0 aliphatic carbocycles. The van der Waals surface area contributed by atoms with Crippen LogP contribution in [0.2, 0.25) is 0 Å². The number of carbonyl (C=O) groups is 2. The molecule has 1 N–H and O–H groups in total. The molecule has 6 heteroatoms. The molecule has 0 aromatic heterocycles. The number of carbonyl (C=O) groups excluding carboxylic acids is 2. The summed E-state index contributed by atoms with van der Waals surface area (Å²) in [5.41, 5.74) is -0.308. The summed E-state index contributed by atoms with van der Waals surface area (Å²) in [5.74, 6) is -2.18. The second kappa shape index (κ2) is 7.75. The Kier molecular flexibility index (Phi) is 9.45. The molecule has 0 bridgehead atoms. The van der Waals surface area contributed by atoms with Crippen LogP contribution in [0.1, 0.15) is 0 Å². The Bertz CT molecular complexity index is 202. The standard InChI is InChI=1S/C6H9NO4.K/c1-7-4(6(9)10)3-5(8)11-2;/h3,7H,1-2H3,(H,9,10);/q;+1/p-1. The molecule has 0 saturated heterocycles. The number of hydrogen-bond donors (Lipinski definition) is 1. The zero-order valence-electron chi connectivity index (χ0n) is 7.21. The van der Waals surface area contributed by atoms with Crippen LogP contribution in [0.15, 0.2) is 11.8 Å². The van der Waals surface area contributed by atoms with Crippen molar-refractivity contribution < 1.29 is 70.8 Å². The SMILES string of the molecule is CNC(=CC(=O)OC)C(=O)[O-].[K+]. The van der Waals surface area contributed by atoms with Crippen LogP contribution < -0.4 is 61.8 Å².